The van der Waals surface area contributed by atoms with Gasteiger partial charge >= 0.3 is 0 Å². The standard InChI is InChI=1S/C26H30N2O8/c1-2-12-15-9-18-20-14(13-5-3-4-6-17(13)27-20)7-8-28(18)24(33)16(15)11-34-25(12)36-26-23(32)22(31)21(30)19(10-29)35-26/h2-6,11-12,15,18-19,21-23,25-27,29-32H,1,7-10H2/t12?,15-,18+,19-,21-,22+,23-,25?,26+/m1/s1. The number of aliphatic hydroxyl groups excluding tert-OH is 4. The molecule has 2 fully saturated rings. The number of nitrogens with zero attached hydrogens (tertiary/aromatic N) is 1. The number of aromatic amines is 1. The highest BCUT2D eigenvalue weighted by Gasteiger charge is 2.51. The molecule has 2 unspecified atom stereocenters. The molecule has 0 radical (unpaired) electrons. The Morgan fingerprint density at radius 3 is 2.75 bits per heavy atom. The SMILES string of the molecule is C=CC1C(O[C@@H]2O[C@H](CO)[C@@H](O)[C@H](O)[C@H]2O)OC=C2C(=O)N3CCc4c([nH]c5ccccc45)[C@@H]3C[C@@H]21. The van der Waals surface area contributed by atoms with Crippen molar-refractivity contribution in [2.45, 2.75) is 55.9 Å². The molecule has 4 aliphatic heterocycles. The van der Waals surface area contributed by atoms with Crippen molar-refractivity contribution in [2.75, 3.05) is 13.2 Å². The van der Waals surface area contributed by atoms with E-state index in [1.54, 1.807) is 6.08 Å². The number of aromatic nitrogens is 1. The molecule has 36 heavy (non-hydrogen) atoms. The minimum atomic E-state index is -1.56. The lowest BCUT2D eigenvalue weighted by Gasteiger charge is -2.48. The number of benzene rings is 1. The second-order valence-electron chi connectivity index (χ2n) is 9.89. The Bertz CT molecular complexity index is 1210. The highest BCUT2D eigenvalue weighted by Crippen LogP contribution is 2.48. The fraction of sp³-hybridized carbons (Fsp3) is 0.500. The van der Waals surface area contributed by atoms with Gasteiger partial charge in [-0.3, -0.25) is 4.79 Å². The van der Waals surface area contributed by atoms with Gasteiger partial charge in [0.2, 0.25) is 6.29 Å². The fourth-order valence-electron chi connectivity index (χ4n) is 6.13. The van der Waals surface area contributed by atoms with Crippen LogP contribution in [0.15, 0.2) is 48.8 Å². The highest BCUT2D eigenvalue weighted by molar-refractivity contribution is 5.96. The number of rotatable bonds is 4. The second-order valence-corrected chi connectivity index (χ2v) is 9.89. The minimum absolute atomic E-state index is 0.0845. The molecule has 0 bridgehead atoms. The number of amides is 1. The summed E-state index contributed by atoms with van der Waals surface area (Å²) < 4.78 is 17.2. The van der Waals surface area contributed by atoms with Gasteiger partial charge in [0.05, 0.1) is 24.5 Å². The van der Waals surface area contributed by atoms with Gasteiger partial charge in [-0.2, -0.15) is 0 Å². The maximum Gasteiger partial charge on any atom is 0.253 e. The number of aliphatic hydroxyl groups is 4. The summed E-state index contributed by atoms with van der Waals surface area (Å²) in [5.41, 5.74) is 3.89. The van der Waals surface area contributed by atoms with E-state index in [-0.39, 0.29) is 17.9 Å². The van der Waals surface area contributed by atoms with Gasteiger partial charge < -0.3 is 44.5 Å². The predicted molar refractivity (Wildman–Crippen MR) is 126 cm³/mol. The van der Waals surface area contributed by atoms with Gasteiger partial charge in [0.1, 0.15) is 24.4 Å². The Labute approximate surface area is 207 Å². The molecule has 1 aromatic heterocycles. The van der Waals surface area contributed by atoms with E-state index in [1.807, 2.05) is 23.1 Å². The molecule has 0 aliphatic carbocycles. The van der Waals surface area contributed by atoms with Crippen molar-refractivity contribution in [3.05, 3.63) is 60.0 Å². The average molecular weight is 499 g/mol. The van der Waals surface area contributed by atoms with Gasteiger partial charge in [-0.1, -0.05) is 24.3 Å². The molecular weight excluding hydrogens is 468 g/mol. The molecule has 6 rings (SSSR count). The van der Waals surface area contributed by atoms with Crippen molar-refractivity contribution in [2.24, 2.45) is 11.8 Å². The number of hydrogen-bond donors (Lipinski definition) is 5. The summed E-state index contributed by atoms with van der Waals surface area (Å²) in [5.74, 6) is -0.783. The number of H-pyrrole nitrogens is 1. The summed E-state index contributed by atoms with van der Waals surface area (Å²) in [6.07, 6.45) is -3.53. The molecule has 1 amide bonds. The predicted octanol–water partition coefficient (Wildman–Crippen LogP) is 0.473. The van der Waals surface area contributed by atoms with Crippen molar-refractivity contribution >= 4 is 16.8 Å². The van der Waals surface area contributed by atoms with Crippen LogP contribution in [0, 0.1) is 11.8 Å². The van der Waals surface area contributed by atoms with Gasteiger partial charge in [0, 0.05) is 35.0 Å². The summed E-state index contributed by atoms with van der Waals surface area (Å²) in [6, 6.07) is 8.01. The summed E-state index contributed by atoms with van der Waals surface area (Å²) >= 11 is 0. The molecule has 0 saturated carbocycles. The first-order chi connectivity index (χ1) is 17.4. The van der Waals surface area contributed by atoms with E-state index in [9.17, 15) is 25.2 Å². The van der Waals surface area contributed by atoms with E-state index in [4.69, 9.17) is 14.2 Å². The lowest BCUT2D eigenvalue weighted by molar-refractivity contribution is -0.339. The first-order valence-electron chi connectivity index (χ1n) is 12.3. The zero-order valence-corrected chi connectivity index (χ0v) is 19.6. The number of nitrogens with one attached hydrogen (secondary N) is 1. The van der Waals surface area contributed by atoms with Gasteiger partial charge in [-0.15, -0.1) is 6.58 Å². The van der Waals surface area contributed by atoms with Crippen LogP contribution in [-0.4, -0.2) is 86.4 Å². The Morgan fingerprint density at radius 1 is 1.17 bits per heavy atom. The van der Waals surface area contributed by atoms with Crippen LogP contribution in [0.1, 0.15) is 23.7 Å². The van der Waals surface area contributed by atoms with Crippen molar-refractivity contribution in [3.8, 4) is 0 Å². The first-order valence-corrected chi connectivity index (χ1v) is 12.3. The Kier molecular flexibility index (Phi) is 5.90. The maximum atomic E-state index is 13.5. The smallest absolute Gasteiger partial charge is 0.253 e. The van der Waals surface area contributed by atoms with Crippen molar-refractivity contribution in [1.82, 2.24) is 9.88 Å². The highest BCUT2D eigenvalue weighted by atomic mass is 16.8. The van der Waals surface area contributed by atoms with Crippen LogP contribution in [0.5, 0.6) is 0 Å². The molecule has 1 aromatic carbocycles. The quantitative estimate of drug-likeness (QED) is 0.383. The molecule has 2 aromatic rings. The van der Waals surface area contributed by atoms with Crippen LogP contribution < -0.4 is 0 Å². The van der Waals surface area contributed by atoms with Crippen LogP contribution in [0.25, 0.3) is 10.9 Å². The number of hydrogen-bond acceptors (Lipinski definition) is 8. The summed E-state index contributed by atoms with van der Waals surface area (Å²) in [4.78, 5) is 19.0. The number of ether oxygens (including phenoxy) is 3. The number of para-hydroxylation sites is 1. The van der Waals surface area contributed by atoms with Crippen LogP contribution in [0.3, 0.4) is 0 Å². The summed E-state index contributed by atoms with van der Waals surface area (Å²) in [6.45, 7) is 4.01. The second kappa shape index (κ2) is 8.98. The van der Waals surface area contributed by atoms with Crippen molar-refractivity contribution < 1.29 is 39.4 Å². The van der Waals surface area contributed by atoms with Crippen molar-refractivity contribution in [1.29, 1.82) is 0 Å². The zero-order chi connectivity index (χ0) is 25.1. The van der Waals surface area contributed by atoms with Gasteiger partial charge in [-0.25, -0.2) is 0 Å². The third kappa shape index (κ3) is 3.52. The summed E-state index contributed by atoms with van der Waals surface area (Å²) in [7, 11) is 0. The first kappa shape index (κ1) is 23.7. The Balaban J connectivity index is 1.28. The van der Waals surface area contributed by atoms with E-state index in [0.29, 0.717) is 18.5 Å². The molecule has 10 nitrogen and oxygen atoms in total. The largest absolute Gasteiger partial charge is 0.471 e. The molecule has 192 valence electrons. The van der Waals surface area contributed by atoms with Gasteiger partial charge in [0.25, 0.3) is 5.91 Å². The number of carbonyl (C=O) groups is 1. The normalized spacial score (nSPS) is 38.0. The lowest BCUT2D eigenvalue weighted by Crippen LogP contribution is -2.60. The third-order valence-electron chi connectivity index (χ3n) is 8.04. The third-order valence-corrected chi connectivity index (χ3v) is 8.04. The molecule has 10 heteroatoms. The van der Waals surface area contributed by atoms with E-state index in [2.05, 4.69) is 17.6 Å². The molecule has 2 saturated heterocycles. The number of fused-ring (bicyclic) bond motifs is 6. The van der Waals surface area contributed by atoms with E-state index in [1.165, 1.54) is 17.2 Å². The molecular formula is C26H30N2O8. The number of carbonyl (C=O) groups excluding carboxylic acids is 1. The van der Waals surface area contributed by atoms with Crippen LogP contribution >= 0.6 is 0 Å². The monoisotopic (exact) mass is 498 g/mol. The minimum Gasteiger partial charge on any atom is -0.471 e. The average Bonchev–Trinajstić information content (AvgIpc) is 3.28. The topological polar surface area (TPSA) is 145 Å². The fourth-order valence-corrected chi connectivity index (χ4v) is 6.13. The van der Waals surface area contributed by atoms with Gasteiger partial charge in [-0.05, 0) is 24.5 Å². The molecule has 9 atom stereocenters. The Morgan fingerprint density at radius 2 is 1.97 bits per heavy atom. The molecule has 4 aliphatic rings. The van der Waals surface area contributed by atoms with E-state index in [0.717, 1.165) is 17.6 Å². The van der Waals surface area contributed by atoms with Crippen molar-refractivity contribution in [3.63, 3.8) is 0 Å². The maximum absolute atomic E-state index is 13.5. The Hall–Kier alpha value is -2.73. The molecule has 0 spiro atoms. The lowest BCUT2D eigenvalue weighted by atomic mass is 9.74. The van der Waals surface area contributed by atoms with Crippen LogP contribution in [0.4, 0.5) is 0 Å². The van der Waals surface area contributed by atoms with Crippen LogP contribution in [0.2, 0.25) is 0 Å². The van der Waals surface area contributed by atoms with Gasteiger partial charge in [0.15, 0.2) is 6.29 Å². The molecule has 5 heterocycles. The zero-order valence-electron chi connectivity index (χ0n) is 19.6. The van der Waals surface area contributed by atoms with E-state index < -0.39 is 49.5 Å². The van der Waals surface area contributed by atoms with Crippen LogP contribution in [-0.2, 0) is 25.4 Å². The molecule has 5 N–H and O–H groups in total. The number of piperidine rings is 1. The summed E-state index contributed by atoms with van der Waals surface area (Å²) in [5, 5.41) is 41.3. The van der Waals surface area contributed by atoms with E-state index >= 15 is 0 Å².